The Labute approximate surface area is 122 Å². The highest BCUT2D eigenvalue weighted by molar-refractivity contribution is 7.89. The van der Waals surface area contributed by atoms with Crippen LogP contribution in [-0.2, 0) is 16.6 Å². The molecule has 2 rings (SSSR count). The Bertz CT molecular complexity index is 712. The molecule has 20 heavy (non-hydrogen) atoms. The van der Waals surface area contributed by atoms with Crippen molar-refractivity contribution in [3.8, 4) is 0 Å². The summed E-state index contributed by atoms with van der Waals surface area (Å²) in [6, 6.07) is 6.50. The lowest BCUT2D eigenvalue weighted by molar-refractivity contribution is 0.417. The Morgan fingerprint density at radius 1 is 1.30 bits per heavy atom. The average molecular weight is 316 g/mol. The lowest BCUT2D eigenvalue weighted by Crippen LogP contribution is -2.17. The number of nitrogens with one attached hydrogen (secondary N) is 2. The van der Waals surface area contributed by atoms with E-state index in [2.05, 4.69) is 15.0 Å². The second-order valence-electron chi connectivity index (χ2n) is 4.05. The van der Waals surface area contributed by atoms with E-state index in [1.165, 1.54) is 13.1 Å². The van der Waals surface area contributed by atoms with Crippen molar-refractivity contribution in [3.05, 3.63) is 40.9 Å². The molecule has 108 valence electrons. The molecular weight excluding hydrogens is 302 g/mol. The highest BCUT2D eigenvalue weighted by atomic mass is 35.5. The van der Waals surface area contributed by atoms with Gasteiger partial charge in [0, 0.05) is 0 Å². The fourth-order valence-electron chi connectivity index (χ4n) is 1.60. The Hall–Kier alpha value is -1.57. The van der Waals surface area contributed by atoms with Gasteiger partial charge >= 0.3 is 0 Å². The monoisotopic (exact) mass is 315 g/mol. The number of rotatable bonds is 5. The first-order chi connectivity index (χ1) is 9.42. The number of hydrogen-bond acceptors (Lipinski definition) is 5. The number of anilines is 1. The van der Waals surface area contributed by atoms with Gasteiger partial charge in [-0.1, -0.05) is 11.6 Å². The zero-order chi connectivity index (χ0) is 14.8. The predicted molar refractivity (Wildman–Crippen MR) is 76.3 cm³/mol. The van der Waals surface area contributed by atoms with Crippen LogP contribution in [0.3, 0.4) is 0 Å². The predicted octanol–water partition coefficient (Wildman–Crippen LogP) is 2.16. The number of furan rings is 1. The van der Waals surface area contributed by atoms with Crippen molar-refractivity contribution in [2.75, 3.05) is 12.4 Å². The Morgan fingerprint density at radius 3 is 2.70 bits per heavy atom. The second-order valence-corrected chi connectivity index (χ2v) is 6.25. The summed E-state index contributed by atoms with van der Waals surface area (Å²) in [4.78, 5) is 4.11. The molecule has 2 aromatic rings. The third kappa shape index (κ3) is 3.30. The minimum Gasteiger partial charge on any atom is -0.446 e. The van der Waals surface area contributed by atoms with Gasteiger partial charge in [0.25, 0.3) is 10.0 Å². The largest absolute Gasteiger partial charge is 0.446 e. The number of pyridine rings is 1. The first-order valence-electron chi connectivity index (χ1n) is 5.81. The van der Waals surface area contributed by atoms with Crippen LogP contribution in [0.2, 0.25) is 5.15 Å². The Balaban J connectivity index is 2.08. The van der Waals surface area contributed by atoms with Crippen LogP contribution < -0.4 is 10.0 Å². The molecule has 0 aliphatic rings. The van der Waals surface area contributed by atoms with Gasteiger partial charge in [-0.05, 0) is 38.2 Å². The van der Waals surface area contributed by atoms with Crippen LogP contribution in [0.4, 0.5) is 5.69 Å². The van der Waals surface area contributed by atoms with Crippen LogP contribution in [-0.4, -0.2) is 20.4 Å². The molecule has 0 bridgehead atoms. The van der Waals surface area contributed by atoms with E-state index in [-0.39, 0.29) is 5.09 Å². The van der Waals surface area contributed by atoms with Crippen LogP contribution in [0, 0.1) is 6.92 Å². The third-order valence-corrected chi connectivity index (χ3v) is 4.17. The molecular formula is C12H14ClN3O3S. The molecule has 2 heterocycles. The Kier molecular flexibility index (Phi) is 4.32. The van der Waals surface area contributed by atoms with Gasteiger partial charge in [0.1, 0.15) is 10.9 Å². The van der Waals surface area contributed by atoms with E-state index in [4.69, 9.17) is 16.0 Å². The zero-order valence-corrected chi connectivity index (χ0v) is 12.5. The fraction of sp³-hybridized carbons (Fsp3) is 0.250. The van der Waals surface area contributed by atoms with E-state index in [0.717, 1.165) is 11.4 Å². The van der Waals surface area contributed by atoms with E-state index in [0.29, 0.717) is 17.5 Å². The van der Waals surface area contributed by atoms with Crippen molar-refractivity contribution in [1.29, 1.82) is 0 Å². The quantitative estimate of drug-likeness (QED) is 0.826. The molecule has 0 aliphatic heterocycles. The molecule has 0 fully saturated rings. The average Bonchev–Trinajstić information content (AvgIpc) is 2.87. The SMILES string of the molecule is CNS(=O)(=O)c1ccc(CNc2ccc(Cl)nc2C)o1. The van der Waals surface area contributed by atoms with Gasteiger partial charge in [-0.3, -0.25) is 0 Å². The third-order valence-electron chi connectivity index (χ3n) is 2.68. The summed E-state index contributed by atoms with van der Waals surface area (Å²) in [6.07, 6.45) is 0. The number of hydrogen-bond donors (Lipinski definition) is 2. The van der Waals surface area contributed by atoms with E-state index >= 15 is 0 Å². The molecule has 2 N–H and O–H groups in total. The van der Waals surface area contributed by atoms with E-state index < -0.39 is 10.0 Å². The smallest absolute Gasteiger partial charge is 0.273 e. The van der Waals surface area contributed by atoms with Gasteiger partial charge in [-0.25, -0.2) is 18.1 Å². The molecule has 0 spiro atoms. The molecule has 2 aromatic heterocycles. The minimum atomic E-state index is -3.55. The maximum Gasteiger partial charge on any atom is 0.273 e. The summed E-state index contributed by atoms with van der Waals surface area (Å²) in [7, 11) is -2.22. The normalized spacial score (nSPS) is 11.6. The number of halogens is 1. The highest BCUT2D eigenvalue weighted by Gasteiger charge is 2.16. The first kappa shape index (κ1) is 14.8. The molecule has 0 unspecified atom stereocenters. The lowest BCUT2D eigenvalue weighted by atomic mass is 10.3. The van der Waals surface area contributed by atoms with E-state index in [1.807, 2.05) is 6.92 Å². The van der Waals surface area contributed by atoms with Gasteiger partial charge in [0.05, 0.1) is 17.9 Å². The summed E-state index contributed by atoms with van der Waals surface area (Å²) >= 11 is 5.77. The molecule has 0 aromatic carbocycles. The molecule has 0 radical (unpaired) electrons. The standard InChI is InChI=1S/C12H14ClN3O3S/c1-8-10(4-5-11(13)16-8)15-7-9-3-6-12(19-9)20(17,18)14-2/h3-6,14-15H,7H2,1-2H3. The summed E-state index contributed by atoms with van der Waals surface area (Å²) in [5.74, 6) is 0.508. The first-order valence-corrected chi connectivity index (χ1v) is 7.68. The summed E-state index contributed by atoms with van der Waals surface area (Å²) < 4.78 is 30.5. The molecule has 8 heteroatoms. The van der Waals surface area contributed by atoms with Crippen molar-refractivity contribution in [3.63, 3.8) is 0 Å². The summed E-state index contributed by atoms with van der Waals surface area (Å²) in [5, 5.41) is 3.43. The second kappa shape index (κ2) is 5.82. The van der Waals surface area contributed by atoms with Gasteiger partial charge in [-0.15, -0.1) is 0 Å². The van der Waals surface area contributed by atoms with Crippen molar-refractivity contribution in [2.45, 2.75) is 18.6 Å². The fourth-order valence-corrected chi connectivity index (χ4v) is 2.45. The lowest BCUT2D eigenvalue weighted by Gasteiger charge is -2.07. The van der Waals surface area contributed by atoms with Crippen molar-refractivity contribution < 1.29 is 12.8 Å². The van der Waals surface area contributed by atoms with Crippen LogP contribution >= 0.6 is 11.6 Å². The summed E-state index contributed by atoms with van der Waals surface area (Å²) in [5.41, 5.74) is 1.57. The topological polar surface area (TPSA) is 84.2 Å². The van der Waals surface area contributed by atoms with Gasteiger partial charge < -0.3 is 9.73 Å². The van der Waals surface area contributed by atoms with Crippen molar-refractivity contribution >= 4 is 27.3 Å². The number of aromatic nitrogens is 1. The number of sulfonamides is 1. The minimum absolute atomic E-state index is 0.109. The van der Waals surface area contributed by atoms with Crippen LogP contribution in [0.15, 0.2) is 33.8 Å². The van der Waals surface area contributed by atoms with Gasteiger partial charge in [0.2, 0.25) is 5.09 Å². The van der Waals surface area contributed by atoms with Crippen LogP contribution in [0.25, 0.3) is 0 Å². The van der Waals surface area contributed by atoms with Gasteiger partial charge in [-0.2, -0.15) is 0 Å². The van der Waals surface area contributed by atoms with Crippen molar-refractivity contribution in [2.24, 2.45) is 0 Å². The molecule has 0 atom stereocenters. The summed E-state index contributed by atoms with van der Waals surface area (Å²) in [6.45, 7) is 2.18. The molecule has 0 aliphatic carbocycles. The molecule has 0 saturated carbocycles. The van der Waals surface area contributed by atoms with Gasteiger partial charge in [0.15, 0.2) is 0 Å². The molecule has 0 saturated heterocycles. The molecule has 0 amide bonds. The number of aryl methyl sites for hydroxylation is 1. The number of nitrogens with zero attached hydrogens (tertiary/aromatic N) is 1. The van der Waals surface area contributed by atoms with E-state index in [9.17, 15) is 8.42 Å². The zero-order valence-electron chi connectivity index (χ0n) is 11.0. The maximum absolute atomic E-state index is 11.5. The van der Waals surface area contributed by atoms with Crippen LogP contribution in [0.1, 0.15) is 11.5 Å². The maximum atomic E-state index is 11.5. The highest BCUT2D eigenvalue weighted by Crippen LogP contribution is 2.18. The molecule has 6 nitrogen and oxygen atoms in total. The Morgan fingerprint density at radius 2 is 2.05 bits per heavy atom. The van der Waals surface area contributed by atoms with Crippen LogP contribution in [0.5, 0.6) is 0 Å². The van der Waals surface area contributed by atoms with E-state index in [1.54, 1.807) is 18.2 Å². The van der Waals surface area contributed by atoms with Crippen molar-refractivity contribution in [1.82, 2.24) is 9.71 Å².